The summed E-state index contributed by atoms with van der Waals surface area (Å²) in [5, 5.41) is 19.7. The monoisotopic (exact) mass is 769 g/mol. The van der Waals surface area contributed by atoms with Crippen molar-refractivity contribution in [1.82, 2.24) is 36.8 Å². The molecular formula is C40H60FN7O5S. The van der Waals surface area contributed by atoms with Gasteiger partial charge in [0.15, 0.2) is 0 Å². The van der Waals surface area contributed by atoms with Crippen LogP contribution >= 0.6 is 11.8 Å². The van der Waals surface area contributed by atoms with Gasteiger partial charge in [0.25, 0.3) is 0 Å². The number of carbonyl (C=O) groups excluding carboxylic acids is 4. The van der Waals surface area contributed by atoms with Gasteiger partial charge in [-0.05, 0) is 121 Å². The van der Waals surface area contributed by atoms with Crippen LogP contribution in [0.1, 0.15) is 109 Å². The summed E-state index contributed by atoms with van der Waals surface area (Å²) in [5.74, 6) is 1.74. The van der Waals surface area contributed by atoms with Crippen LogP contribution in [0.15, 0.2) is 18.2 Å². The van der Waals surface area contributed by atoms with E-state index in [4.69, 9.17) is 4.74 Å². The van der Waals surface area contributed by atoms with Crippen LogP contribution in [0.25, 0.3) is 0 Å². The lowest BCUT2D eigenvalue weighted by Crippen LogP contribution is -2.70. The van der Waals surface area contributed by atoms with Crippen LogP contribution in [0.3, 0.4) is 0 Å². The molecule has 8 rings (SSSR count). The first-order valence-corrected chi connectivity index (χ1v) is 21.1. The number of unbranched alkanes of at least 4 members (excludes halogenated alkanes) is 1. The maximum absolute atomic E-state index is 13.7. The molecule has 54 heavy (non-hydrogen) atoms. The molecule has 7 aliphatic rings. The molecule has 1 aromatic rings. The van der Waals surface area contributed by atoms with E-state index in [0.717, 1.165) is 68.2 Å². The van der Waals surface area contributed by atoms with E-state index in [-0.39, 0.29) is 59.4 Å². The number of thioether (sulfide) groups is 1. The molecule has 6 fully saturated rings. The summed E-state index contributed by atoms with van der Waals surface area (Å²) in [7, 11) is 0. The van der Waals surface area contributed by atoms with Crippen molar-refractivity contribution in [3.05, 3.63) is 35.1 Å². The molecule has 12 nitrogen and oxygen atoms in total. The Labute approximate surface area is 323 Å². The molecule has 5 atom stereocenters. The van der Waals surface area contributed by atoms with Crippen molar-refractivity contribution in [2.45, 2.75) is 151 Å². The number of carbonyl (C=O) groups is 4. The van der Waals surface area contributed by atoms with Gasteiger partial charge in [0.1, 0.15) is 5.82 Å². The van der Waals surface area contributed by atoms with Gasteiger partial charge in [-0.2, -0.15) is 11.8 Å². The summed E-state index contributed by atoms with van der Waals surface area (Å²) in [5.41, 5.74) is 0.374. The fourth-order valence-corrected chi connectivity index (χ4v) is 12.0. The number of hydrogen-bond acceptors (Lipinski definition) is 7. The third kappa shape index (κ3) is 9.29. The third-order valence-electron chi connectivity index (χ3n) is 12.7. The Morgan fingerprint density at radius 1 is 1.02 bits per heavy atom. The number of benzene rings is 1. The summed E-state index contributed by atoms with van der Waals surface area (Å²) < 4.78 is 20.0. The Hall–Kier alpha value is -3.10. The second kappa shape index (κ2) is 15.4. The Morgan fingerprint density at radius 2 is 1.76 bits per heavy atom. The second-order valence-electron chi connectivity index (χ2n) is 18.5. The highest BCUT2D eigenvalue weighted by atomic mass is 32.2. The number of nitrogens with zero attached hydrogens (tertiary/aromatic N) is 1. The average molecular weight is 770 g/mol. The number of rotatable bonds is 16. The average Bonchev–Trinajstić information content (AvgIpc) is 3.78. The SMILES string of the molecule is CC(C)(COC(C)(C)CCNC(=O)NC12CC3CC(CC(NCC(=O)N4Cc5ccc(F)cc5C4)(C3)C1)C2)NC(=O)CCCCC1SCC2NC(=O)NC21. The zero-order valence-electron chi connectivity index (χ0n) is 32.4. The van der Waals surface area contributed by atoms with Gasteiger partial charge >= 0.3 is 12.1 Å². The van der Waals surface area contributed by atoms with Crippen LogP contribution in [0.4, 0.5) is 14.0 Å². The lowest BCUT2D eigenvalue weighted by molar-refractivity contribution is -0.132. The normalized spacial score (nSPS) is 30.8. The number of fused-ring (bicyclic) bond motifs is 2. The fourth-order valence-electron chi connectivity index (χ4n) is 10.5. The van der Waals surface area contributed by atoms with Gasteiger partial charge in [-0.25, -0.2) is 14.0 Å². The van der Waals surface area contributed by atoms with Crippen molar-refractivity contribution in [2.75, 3.05) is 25.4 Å². The van der Waals surface area contributed by atoms with Gasteiger partial charge in [0, 0.05) is 48.1 Å². The van der Waals surface area contributed by atoms with E-state index in [0.29, 0.717) is 56.2 Å². The molecule has 0 aromatic heterocycles. The van der Waals surface area contributed by atoms with Gasteiger partial charge < -0.3 is 41.5 Å². The van der Waals surface area contributed by atoms with Crippen LogP contribution in [0.5, 0.6) is 0 Å². The molecular weight excluding hydrogens is 710 g/mol. The third-order valence-corrected chi connectivity index (χ3v) is 14.2. The summed E-state index contributed by atoms with van der Waals surface area (Å²) in [6.45, 7) is 9.95. The molecule has 14 heteroatoms. The van der Waals surface area contributed by atoms with Gasteiger partial charge in [0.05, 0.1) is 36.4 Å². The molecule has 298 valence electrons. The van der Waals surface area contributed by atoms with Crippen LogP contribution in [0, 0.1) is 17.7 Å². The minimum atomic E-state index is -0.542. The summed E-state index contributed by atoms with van der Waals surface area (Å²) >= 11 is 1.90. The Morgan fingerprint density at radius 3 is 2.54 bits per heavy atom. The van der Waals surface area contributed by atoms with Crippen molar-refractivity contribution in [2.24, 2.45) is 11.8 Å². The van der Waals surface area contributed by atoms with Crippen molar-refractivity contribution in [3.63, 3.8) is 0 Å². The van der Waals surface area contributed by atoms with Gasteiger partial charge in [0.2, 0.25) is 11.8 Å². The number of hydrogen-bond donors (Lipinski definition) is 6. The minimum absolute atomic E-state index is 0.0103. The quantitative estimate of drug-likeness (QED) is 0.107. The Bertz CT molecular complexity index is 1590. The van der Waals surface area contributed by atoms with E-state index < -0.39 is 11.1 Å². The first-order valence-electron chi connectivity index (χ1n) is 20.1. The predicted molar refractivity (Wildman–Crippen MR) is 206 cm³/mol. The zero-order chi connectivity index (χ0) is 38.3. The van der Waals surface area contributed by atoms with E-state index in [1.54, 1.807) is 11.0 Å². The maximum atomic E-state index is 13.7. The van der Waals surface area contributed by atoms with Crippen LogP contribution in [-0.2, 0) is 27.4 Å². The van der Waals surface area contributed by atoms with Gasteiger partial charge in [-0.1, -0.05) is 12.5 Å². The molecule has 0 radical (unpaired) electrons. The number of ether oxygens (including phenoxy) is 1. The molecule has 4 aliphatic carbocycles. The van der Waals surface area contributed by atoms with E-state index >= 15 is 0 Å². The number of halogens is 1. The smallest absolute Gasteiger partial charge is 0.315 e. The summed E-state index contributed by atoms with van der Waals surface area (Å²) in [6, 6.07) is 4.93. The van der Waals surface area contributed by atoms with Crippen LogP contribution in [0.2, 0.25) is 0 Å². The molecule has 3 heterocycles. The largest absolute Gasteiger partial charge is 0.373 e. The molecule has 4 bridgehead atoms. The fraction of sp³-hybridized carbons (Fsp3) is 0.750. The summed E-state index contributed by atoms with van der Waals surface area (Å²) in [4.78, 5) is 52.8. The highest BCUT2D eigenvalue weighted by Crippen LogP contribution is 2.57. The van der Waals surface area contributed by atoms with Gasteiger partial charge in [-0.3, -0.25) is 9.59 Å². The second-order valence-corrected chi connectivity index (χ2v) is 19.8. The van der Waals surface area contributed by atoms with E-state index in [2.05, 4.69) is 31.9 Å². The minimum Gasteiger partial charge on any atom is -0.373 e. The Balaban J connectivity index is 0.800. The predicted octanol–water partition coefficient (Wildman–Crippen LogP) is 4.45. The molecule has 6 amide bonds. The number of nitrogens with one attached hydrogen (secondary N) is 6. The number of urea groups is 2. The molecule has 0 spiro atoms. The van der Waals surface area contributed by atoms with E-state index in [1.165, 1.54) is 18.6 Å². The topological polar surface area (TPSA) is 153 Å². The first-order chi connectivity index (χ1) is 25.6. The van der Waals surface area contributed by atoms with Gasteiger partial charge in [-0.15, -0.1) is 0 Å². The molecule has 2 saturated heterocycles. The van der Waals surface area contributed by atoms with Crippen molar-refractivity contribution >= 4 is 35.6 Å². The lowest BCUT2D eigenvalue weighted by Gasteiger charge is -2.62. The first kappa shape index (κ1) is 39.1. The van der Waals surface area contributed by atoms with Crippen molar-refractivity contribution < 1.29 is 28.3 Å². The van der Waals surface area contributed by atoms with Crippen molar-refractivity contribution in [1.29, 1.82) is 0 Å². The Kier molecular flexibility index (Phi) is 11.2. The van der Waals surface area contributed by atoms with Crippen LogP contribution in [-0.4, -0.2) is 93.8 Å². The summed E-state index contributed by atoms with van der Waals surface area (Å²) in [6.07, 6.45) is 9.76. The molecule has 4 saturated carbocycles. The van der Waals surface area contributed by atoms with E-state index in [1.807, 2.05) is 39.5 Å². The van der Waals surface area contributed by atoms with Crippen LogP contribution < -0.4 is 31.9 Å². The lowest BCUT2D eigenvalue weighted by atomic mass is 9.50. The molecule has 3 aliphatic heterocycles. The molecule has 5 unspecified atom stereocenters. The standard InChI is InChI=1S/C40H60FN7O5S/c1-37(2,46-32(49)8-6-5-7-31-34-30(22-54-31)44-36(52)45-34)24-53-38(3,4)11-12-42-35(51)47-40-17-25-13-26(18-40)16-39(15-25,23-40)43-19-33(50)48-20-27-9-10-29(41)14-28(27)21-48/h9-10,14,25-26,30-31,34,43H,5-8,11-13,15-24H2,1-4H3,(H,46,49)(H2,42,47,51)(H2,44,45,52). The zero-order valence-corrected chi connectivity index (χ0v) is 33.2. The number of amides is 6. The highest BCUT2D eigenvalue weighted by molar-refractivity contribution is 8.00. The maximum Gasteiger partial charge on any atom is 0.315 e. The molecule has 1 aromatic carbocycles. The van der Waals surface area contributed by atoms with E-state index in [9.17, 15) is 23.6 Å². The van der Waals surface area contributed by atoms with Crippen molar-refractivity contribution in [3.8, 4) is 0 Å². The highest BCUT2D eigenvalue weighted by Gasteiger charge is 2.58. The molecule has 6 N–H and O–H groups in total.